The van der Waals surface area contributed by atoms with Crippen LogP contribution in [0.4, 0.5) is 0 Å². The Bertz CT molecular complexity index is 596. The van der Waals surface area contributed by atoms with Gasteiger partial charge in [-0.2, -0.15) is 0 Å². The highest BCUT2D eigenvalue weighted by Crippen LogP contribution is 2.36. The molecule has 0 saturated heterocycles. The van der Waals surface area contributed by atoms with Gasteiger partial charge in [0.1, 0.15) is 0 Å². The molecule has 1 aliphatic carbocycles. The first-order valence-electron chi connectivity index (χ1n) is 8.56. The lowest BCUT2D eigenvalue weighted by Crippen LogP contribution is -2.42. The number of aryl methyl sites for hydroxylation is 2. The molecule has 1 aliphatic rings. The Labute approximate surface area is 140 Å². The maximum absolute atomic E-state index is 12.4. The SMILES string of the molecule is COC(=O)C1(N=C(C)Cc2cc(C)ccc2C)CCC(C)CC1. The summed E-state index contributed by atoms with van der Waals surface area (Å²) in [6.07, 6.45) is 4.46. The van der Waals surface area contributed by atoms with Crippen LogP contribution in [0.1, 0.15) is 56.2 Å². The molecule has 0 aromatic heterocycles. The van der Waals surface area contributed by atoms with Crippen LogP contribution in [-0.2, 0) is 16.0 Å². The van der Waals surface area contributed by atoms with E-state index < -0.39 is 5.54 Å². The average Bonchev–Trinajstić information content (AvgIpc) is 2.52. The van der Waals surface area contributed by atoms with E-state index in [9.17, 15) is 4.79 Å². The molecule has 0 heterocycles. The van der Waals surface area contributed by atoms with E-state index >= 15 is 0 Å². The molecule has 126 valence electrons. The van der Waals surface area contributed by atoms with E-state index in [4.69, 9.17) is 9.73 Å². The van der Waals surface area contributed by atoms with Gasteiger partial charge in [-0.05, 0) is 63.5 Å². The fourth-order valence-electron chi connectivity index (χ4n) is 3.46. The van der Waals surface area contributed by atoms with E-state index in [1.54, 1.807) is 0 Å². The number of hydrogen-bond donors (Lipinski definition) is 0. The Kier molecular flexibility index (Phi) is 5.61. The van der Waals surface area contributed by atoms with Crippen molar-refractivity contribution >= 4 is 11.7 Å². The minimum atomic E-state index is -0.664. The zero-order valence-electron chi connectivity index (χ0n) is 15.1. The summed E-state index contributed by atoms with van der Waals surface area (Å²) in [7, 11) is 1.47. The number of carbonyl (C=O) groups is 1. The predicted molar refractivity (Wildman–Crippen MR) is 95.1 cm³/mol. The van der Waals surface area contributed by atoms with Crippen molar-refractivity contribution in [2.45, 2.75) is 65.3 Å². The van der Waals surface area contributed by atoms with Gasteiger partial charge in [0.25, 0.3) is 0 Å². The van der Waals surface area contributed by atoms with Crippen molar-refractivity contribution in [3.63, 3.8) is 0 Å². The van der Waals surface area contributed by atoms with Crippen LogP contribution >= 0.6 is 0 Å². The molecule has 1 aromatic rings. The summed E-state index contributed by atoms with van der Waals surface area (Å²) in [5.41, 5.74) is 4.17. The molecule has 1 aromatic carbocycles. The molecule has 0 aliphatic heterocycles. The zero-order valence-corrected chi connectivity index (χ0v) is 15.1. The lowest BCUT2D eigenvalue weighted by atomic mass is 9.77. The number of aliphatic imine (C=N–C) groups is 1. The van der Waals surface area contributed by atoms with Crippen molar-refractivity contribution in [1.82, 2.24) is 0 Å². The number of hydrogen-bond acceptors (Lipinski definition) is 3. The topological polar surface area (TPSA) is 38.7 Å². The molecular formula is C20H29NO2. The van der Waals surface area contributed by atoms with Gasteiger partial charge in [0.15, 0.2) is 5.54 Å². The highest BCUT2D eigenvalue weighted by molar-refractivity contribution is 5.90. The monoisotopic (exact) mass is 315 g/mol. The van der Waals surface area contributed by atoms with E-state index in [0.717, 1.165) is 37.8 Å². The van der Waals surface area contributed by atoms with Crippen molar-refractivity contribution < 1.29 is 9.53 Å². The van der Waals surface area contributed by atoms with Crippen molar-refractivity contribution in [2.24, 2.45) is 10.9 Å². The molecule has 3 heteroatoms. The van der Waals surface area contributed by atoms with Gasteiger partial charge in [-0.25, -0.2) is 4.79 Å². The summed E-state index contributed by atoms with van der Waals surface area (Å²) in [5.74, 6) is 0.493. The quantitative estimate of drug-likeness (QED) is 0.609. The number of nitrogens with zero attached hydrogens (tertiary/aromatic N) is 1. The third kappa shape index (κ3) is 4.21. The normalized spacial score (nSPS) is 25.3. The van der Waals surface area contributed by atoms with Crippen LogP contribution in [0.3, 0.4) is 0 Å². The van der Waals surface area contributed by atoms with Gasteiger partial charge < -0.3 is 4.74 Å². The van der Waals surface area contributed by atoms with Crippen LogP contribution in [0.15, 0.2) is 23.2 Å². The van der Waals surface area contributed by atoms with Crippen molar-refractivity contribution in [3.8, 4) is 0 Å². The van der Waals surface area contributed by atoms with Gasteiger partial charge in [-0.1, -0.05) is 30.7 Å². The van der Waals surface area contributed by atoms with E-state index in [-0.39, 0.29) is 5.97 Å². The summed E-state index contributed by atoms with van der Waals surface area (Å²) in [5, 5.41) is 0. The Hall–Kier alpha value is -1.64. The first kappa shape index (κ1) is 17.7. The second-order valence-electron chi connectivity index (χ2n) is 7.16. The van der Waals surface area contributed by atoms with Gasteiger partial charge in [0, 0.05) is 12.1 Å². The van der Waals surface area contributed by atoms with Gasteiger partial charge in [0.05, 0.1) is 7.11 Å². The standard InChI is InChI=1S/C20H29NO2/c1-14-8-10-20(11-9-14,19(22)23-5)21-17(4)13-18-12-15(2)6-7-16(18)3/h6-7,12,14H,8-11,13H2,1-5H3. The second-order valence-corrected chi connectivity index (χ2v) is 7.16. The van der Waals surface area contributed by atoms with Crippen molar-refractivity contribution in [2.75, 3.05) is 7.11 Å². The Morgan fingerprint density at radius 2 is 1.96 bits per heavy atom. The number of benzene rings is 1. The van der Waals surface area contributed by atoms with Crippen LogP contribution in [0.5, 0.6) is 0 Å². The van der Waals surface area contributed by atoms with Crippen LogP contribution in [-0.4, -0.2) is 24.3 Å². The molecule has 0 bridgehead atoms. The van der Waals surface area contributed by atoms with E-state index in [2.05, 4.69) is 39.0 Å². The summed E-state index contributed by atoms with van der Waals surface area (Å²) in [6.45, 7) is 8.51. The molecule has 0 spiro atoms. The lowest BCUT2D eigenvalue weighted by Gasteiger charge is -2.34. The average molecular weight is 315 g/mol. The first-order valence-corrected chi connectivity index (χ1v) is 8.56. The molecule has 1 fully saturated rings. The Morgan fingerprint density at radius 3 is 2.57 bits per heavy atom. The summed E-state index contributed by atoms with van der Waals surface area (Å²) in [4.78, 5) is 17.3. The third-order valence-corrected chi connectivity index (χ3v) is 5.02. The zero-order chi connectivity index (χ0) is 17.0. The summed E-state index contributed by atoms with van der Waals surface area (Å²) in [6, 6.07) is 6.49. The lowest BCUT2D eigenvalue weighted by molar-refractivity contribution is -0.148. The molecule has 0 unspecified atom stereocenters. The third-order valence-electron chi connectivity index (χ3n) is 5.02. The fraction of sp³-hybridized carbons (Fsp3) is 0.600. The van der Waals surface area contributed by atoms with Crippen molar-refractivity contribution in [3.05, 3.63) is 34.9 Å². The molecular weight excluding hydrogens is 286 g/mol. The molecule has 0 amide bonds. The molecule has 1 saturated carbocycles. The minimum Gasteiger partial charge on any atom is -0.467 e. The number of carbonyl (C=O) groups excluding carboxylic acids is 1. The van der Waals surface area contributed by atoms with E-state index in [0.29, 0.717) is 5.92 Å². The first-order chi connectivity index (χ1) is 10.9. The summed E-state index contributed by atoms with van der Waals surface area (Å²) >= 11 is 0. The fourth-order valence-corrected chi connectivity index (χ4v) is 3.46. The maximum Gasteiger partial charge on any atom is 0.333 e. The number of ether oxygens (including phenoxy) is 1. The molecule has 3 nitrogen and oxygen atoms in total. The van der Waals surface area contributed by atoms with Crippen LogP contribution in [0.2, 0.25) is 0 Å². The molecule has 0 radical (unpaired) electrons. The Balaban J connectivity index is 2.24. The maximum atomic E-state index is 12.4. The minimum absolute atomic E-state index is 0.176. The van der Waals surface area contributed by atoms with E-state index in [1.807, 2.05) is 6.92 Å². The number of methoxy groups -OCH3 is 1. The largest absolute Gasteiger partial charge is 0.467 e. The van der Waals surface area contributed by atoms with E-state index in [1.165, 1.54) is 23.8 Å². The molecule has 2 rings (SSSR count). The highest BCUT2D eigenvalue weighted by atomic mass is 16.5. The smallest absolute Gasteiger partial charge is 0.333 e. The molecule has 0 N–H and O–H groups in total. The van der Waals surface area contributed by atoms with Gasteiger partial charge in [0.2, 0.25) is 0 Å². The van der Waals surface area contributed by atoms with Gasteiger partial charge in [-0.3, -0.25) is 4.99 Å². The second kappa shape index (κ2) is 7.29. The molecule has 0 atom stereocenters. The number of rotatable bonds is 4. The van der Waals surface area contributed by atoms with Crippen molar-refractivity contribution in [1.29, 1.82) is 0 Å². The Morgan fingerprint density at radius 1 is 1.30 bits per heavy atom. The number of esters is 1. The molecule has 23 heavy (non-hydrogen) atoms. The van der Waals surface area contributed by atoms with Crippen LogP contribution < -0.4 is 0 Å². The van der Waals surface area contributed by atoms with Gasteiger partial charge >= 0.3 is 5.97 Å². The van der Waals surface area contributed by atoms with Crippen LogP contribution in [0, 0.1) is 19.8 Å². The predicted octanol–water partition coefficient (Wildman–Crippen LogP) is 4.43. The summed E-state index contributed by atoms with van der Waals surface area (Å²) < 4.78 is 5.08. The van der Waals surface area contributed by atoms with Gasteiger partial charge in [-0.15, -0.1) is 0 Å². The van der Waals surface area contributed by atoms with Crippen LogP contribution in [0.25, 0.3) is 0 Å². The highest BCUT2D eigenvalue weighted by Gasteiger charge is 2.42.